The van der Waals surface area contributed by atoms with E-state index in [4.69, 9.17) is 33.7 Å². The van der Waals surface area contributed by atoms with E-state index in [-0.39, 0.29) is 0 Å². The van der Waals surface area contributed by atoms with Gasteiger partial charge in [-0.05, 0) is 25.0 Å². The van der Waals surface area contributed by atoms with Crippen LogP contribution in [0.2, 0.25) is 10.0 Å². The average Bonchev–Trinajstić information content (AvgIpc) is 2.28. The molecule has 1 unspecified atom stereocenters. The summed E-state index contributed by atoms with van der Waals surface area (Å²) in [4.78, 5) is 11.0. The summed E-state index contributed by atoms with van der Waals surface area (Å²) in [5.41, 5.74) is 5.72. The monoisotopic (exact) mass is 289 g/mol. The van der Waals surface area contributed by atoms with Crippen molar-refractivity contribution in [2.24, 2.45) is 5.73 Å². The maximum atomic E-state index is 11.0. The van der Waals surface area contributed by atoms with E-state index in [0.717, 1.165) is 19.3 Å². The summed E-state index contributed by atoms with van der Waals surface area (Å²) in [6, 6.07) is 5.20. The fourth-order valence-electron chi connectivity index (χ4n) is 1.80. The second-order valence-corrected chi connectivity index (χ2v) is 4.87. The van der Waals surface area contributed by atoms with E-state index in [2.05, 4.69) is 6.92 Å². The van der Waals surface area contributed by atoms with Crippen LogP contribution in [0.1, 0.15) is 44.3 Å². The minimum Gasteiger partial charge on any atom is -0.441 e. The van der Waals surface area contributed by atoms with Crippen LogP contribution in [0, 0.1) is 0 Å². The fourth-order valence-corrected chi connectivity index (χ4v) is 2.44. The van der Waals surface area contributed by atoms with Crippen LogP contribution in [0.3, 0.4) is 0 Å². The Balaban J connectivity index is 2.90. The van der Waals surface area contributed by atoms with Gasteiger partial charge in [0.15, 0.2) is 0 Å². The molecule has 3 nitrogen and oxygen atoms in total. The van der Waals surface area contributed by atoms with Crippen molar-refractivity contribution in [3.05, 3.63) is 33.8 Å². The summed E-state index contributed by atoms with van der Waals surface area (Å²) < 4.78 is 5.11. The number of carbonyl (C=O) groups is 1. The lowest BCUT2D eigenvalue weighted by Gasteiger charge is -2.19. The molecular formula is C13H17Cl2NO2. The third-order valence-corrected chi connectivity index (χ3v) is 3.31. The number of nitrogens with two attached hydrogens (primary N) is 1. The van der Waals surface area contributed by atoms with Crippen molar-refractivity contribution in [3.8, 4) is 0 Å². The first-order valence-electron chi connectivity index (χ1n) is 5.96. The van der Waals surface area contributed by atoms with Gasteiger partial charge in [-0.2, -0.15) is 0 Å². The molecule has 0 bridgehead atoms. The first-order chi connectivity index (χ1) is 8.56. The molecule has 0 aliphatic carbocycles. The van der Waals surface area contributed by atoms with Gasteiger partial charge >= 0.3 is 6.09 Å². The van der Waals surface area contributed by atoms with Gasteiger partial charge in [-0.15, -0.1) is 0 Å². The first-order valence-corrected chi connectivity index (χ1v) is 6.71. The second-order valence-electron chi connectivity index (χ2n) is 4.06. The molecule has 2 N–H and O–H groups in total. The van der Waals surface area contributed by atoms with Crippen molar-refractivity contribution in [1.29, 1.82) is 0 Å². The van der Waals surface area contributed by atoms with Crippen LogP contribution in [0.25, 0.3) is 0 Å². The van der Waals surface area contributed by atoms with Crippen LogP contribution in [-0.2, 0) is 4.74 Å². The molecule has 100 valence electrons. The molecular weight excluding hydrogens is 273 g/mol. The fraction of sp³-hybridized carbons (Fsp3) is 0.462. The van der Waals surface area contributed by atoms with Gasteiger partial charge in [-0.1, -0.05) is 49.0 Å². The predicted molar refractivity (Wildman–Crippen MR) is 74.0 cm³/mol. The highest BCUT2D eigenvalue weighted by atomic mass is 35.5. The Hall–Kier alpha value is -0.930. The maximum absolute atomic E-state index is 11.0. The molecule has 1 aromatic rings. The number of halogens is 2. The van der Waals surface area contributed by atoms with Gasteiger partial charge in [0.25, 0.3) is 0 Å². The number of unbranched alkanes of at least 4 members (excludes halogenated alkanes) is 2. The van der Waals surface area contributed by atoms with Crippen molar-refractivity contribution in [3.63, 3.8) is 0 Å². The van der Waals surface area contributed by atoms with Gasteiger partial charge < -0.3 is 10.5 Å². The molecule has 0 spiro atoms. The van der Waals surface area contributed by atoms with Gasteiger partial charge in [0.05, 0.1) is 0 Å². The van der Waals surface area contributed by atoms with Crippen LogP contribution in [0.15, 0.2) is 18.2 Å². The highest BCUT2D eigenvalue weighted by molar-refractivity contribution is 6.36. The molecule has 18 heavy (non-hydrogen) atoms. The van der Waals surface area contributed by atoms with E-state index in [1.165, 1.54) is 0 Å². The van der Waals surface area contributed by atoms with E-state index < -0.39 is 12.2 Å². The average molecular weight is 290 g/mol. The Morgan fingerprint density at radius 1 is 1.33 bits per heavy atom. The number of rotatable bonds is 6. The highest BCUT2D eigenvalue weighted by Crippen LogP contribution is 2.35. The number of hydrogen-bond donors (Lipinski definition) is 1. The van der Waals surface area contributed by atoms with E-state index in [1.54, 1.807) is 18.2 Å². The minimum absolute atomic E-state index is 0.477. The summed E-state index contributed by atoms with van der Waals surface area (Å²) in [5.74, 6) is 0. The van der Waals surface area contributed by atoms with Gasteiger partial charge in [-0.3, -0.25) is 0 Å². The lowest BCUT2D eigenvalue weighted by molar-refractivity contribution is 0.0996. The molecule has 0 aliphatic heterocycles. The molecule has 1 amide bonds. The van der Waals surface area contributed by atoms with Gasteiger partial charge in [0.2, 0.25) is 0 Å². The molecule has 0 aliphatic rings. The summed E-state index contributed by atoms with van der Waals surface area (Å²) >= 11 is 12.2. The van der Waals surface area contributed by atoms with Crippen LogP contribution >= 0.6 is 23.2 Å². The van der Waals surface area contributed by atoms with Crippen molar-refractivity contribution in [2.45, 2.75) is 38.7 Å². The molecule has 0 radical (unpaired) electrons. The zero-order valence-electron chi connectivity index (χ0n) is 10.3. The standard InChI is InChI=1S/C13H17Cl2NO2/c1-2-3-4-8-11(18-13(16)17)12-9(14)6-5-7-10(12)15/h5-7,11H,2-4,8H2,1H3,(H2,16,17). The third kappa shape index (κ3) is 4.39. The summed E-state index contributed by atoms with van der Waals surface area (Å²) in [6.45, 7) is 2.10. The summed E-state index contributed by atoms with van der Waals surface area (Å²) in [5, 5.41) is 0.982. The van der Waals surface area contributed by atoms with Gasteiger partial charge in [-0.25, -0.2) is 4.79 Å². The van der Waals surface area contributed by atoms with Gasteiger partial charge in [0, 0.05) is 15.6 Å². The van der Waals surface area contributed by atoms with E-state index in [1.807, 2.05) is 0 Å². The zero-order chi connectivity index (χ0) is 13.5. The number of benzene rings is 1. The van der Waals surface area contributed by atoms with E-state index in [9.17, 15) is 4.79 Å². The molecule has 1 atom stereocenters. The van der Waals surface area contributed by atoms with Crippen LogP contribution in [0.4, 0.5) is 4.79 Å². The smallest absolute Gasteiger partial charge is 0.405 e. The quantitative estimate of drug-likeness (QED) is 0.771. The van der Waals surface area contributed by atoms with Gasteiger partial charge in [0.1, 0.15) is 6.10 Å². The largest absolute Gasteiger partial charge is 0.441 e. The number of amides is 1. The normalized spacial score (nSPS) is 12.2. The molecule has 0 saturated heterocycles. The molecule has 1 rings (SSSR count). The first kappa shape index (κ1) is 15.1. The lowest BCUT2D eigenvalue weighted by atomic mass is 10.0. The Bertz CT molecular complexity index is 390. The minimum atomic E-state index is -0.813. The Morgan fingerprint density at radius 3 is 2.44 bits per heavy atom. The lowest BCUT2D eigenvalue weighted by Crippen LogP contribution is -2.18. The number of carbonyl (C=O) groups excluding carboxylic acids is 1. The van der Waals surface area contributed by atoms with Crippen molar-refractivity contribution in [1.82, 2.24) is 0 Å². The second kappa shape index (κ2) is 7.49. The molecule has 1 aromatic carbocycles. The van der Waals surface area contributed by atoms with Crippen LogP contribution < -0.4 is 5.73 Å². The number of hydrogen-bond acceptors (Lipinski definition) is 2. The number of primary amides is 1. The molecule has 0 saturated carbocycles. The molecule has 0 heterocycles. The maximum Gasteiger partial charge on any atom is 0.405 e. The Morgan fingerprint density at radius 2 is 1.94 bits per heavy atom. The zero-order valence-corrected chi connectivity index (χ0v) is 11.8. The summed E-state index contributed by atoms with van der Waals surface area (Å²) in [7, 11) is 0. The SMILES string of the molecule is CCCCCC(OC(N)=O)c1c(Cl)cccc1Cl. The Labute approximate surface area is 117 Å². The molecule has 0 aromatic heterocycles. The van der Waals surface area contributed by atoms with E-state index >= 15 is 0 Å². The van der Waals surface area contributed by atoms with Crippen LogP contribution in [-0.4, -0.2) is 6.09 Å². The van der Waals surface area contributed by atoms with Crippen LogP contribution in [0.5, 0.6) is 0 Å². The Kier molecular flexibility index (Phi) is 6.30. The third-order valence-electron chi connectivity index (χ3n) is 2.65. The predicted octanol–water partition coefficient (Wildman–Crippen LogP) is 4.71. The van der Waals surface area contributed by atoms with Crippen molar-refractivity contribution >= 4 is 29.3 Å². The van der Waals surface area contributed by atoms with Crippen molar-refractivity contribution in [2.75, 3.05) is 0 Å². The molecule has 0 fully saturated rings. The van der Waals surface area contributed by atoms with Crippen molar-refractivity contribution < 1.29 is 9.53 Å². The topological polar surface area (TPSA) is 52.3 Å². The highest BCUT2D eigenvalue weighted by Gasteiger charge is 2.20. The molecule has 5 heteroatoms. The van der Waals surface area contributed by atoms with E-state index in [0.29, 0.717) is 22.0 Å². The number of ether oxygens (including phenoxy) is 1. The summed E-state index contributed by atoms with van der Waals surface area (Å²) in [6.07, 6.45) is 2.44.